The number of aryl methyl sites for hydroxylation is 1. The highest BCUT2D eigenvalue weighted by atomic mass is 35.5. The highest BCUT2D eigenvalue weighted by Crippen LogP contribution is 2.25. The van der Waals surface area contributed by atoms with E-state index in [1.54, 1.807) is 0 Å². The fourth-order valence-corrected chi connectivity index (χ4v) is 1.62. The summed E-state index contributed by atoms with van der Waals surface area (Å²) in [6.45, 7) is 2.00. The van der Waals surface area contributed by atoms with E-state index in [9.17, 15) is 4.79 Å². The first-order valence-electron chi connectivity index (χ1n) is 5.50. The fourth-order valence-electron chi connectivity index (χ4n) is 1.34. The third-order valence-electron chi connectivity index (χ3n) is 2.20. The molecule has 0 saturated heterocycles. The van der Waals surface area contributed by atoms with E-state index in [4.69, 9.17) is 23.2 Å². The monoisotopic (exact) mass is 300 g/mol. The second-order valence-electron chi connectivity index (χ2n) is 3.64. The molecule has 2 N–H and O–H groups in total. The van der Waals surface area contributed by atoms with Crippen LogP contribution >= 0.6 is 23.2 Å². The van der Waals surface area contributed by atoms with E-state index in [1.807, 2.05) is 6.92 Å². The Labute approximate surface area is 118 Å². The van der Waals surface area contributed by atoms with Gasteiger partial charge in [0.25, 0.3) is 5.91 Å². The molecular weight excluding hydrogens is 291 g/mol. The van der Waals surface area contributed by atoms with Gasteiger partial charge in [-0.3, -0.25) is 9.89 Å². The Morgan fingerprint density at radius 3 is 2.95 bits per heavy atom. The van der Waals surface area contributed by atoms with Crippen LogP contribution in [0.3, 0.4) is 0 Å². The molecule has 0 spiro atoms. The van der Waals surface area contributed by atoms with Crippen LogP contribution in [0.25, 0.3) is 0 Å². The van der Waals surface area contributed by atoms with Crippen molar-refractivity contribution in [3.8, 4) is 0 Å². The van der Waals surface area contributed by atoms with E-state index >= 15 is 0 Å². The van der Waals surface area contributed by atoms with Gasteiger partial charge in [0.05, 0.1) is 0 Å². The molecule has 0 bridgehead atoms. The maximum Gasteiger partial charge on any atom is 0.296 e. The molecule has 0 aliphatic rings. The van der Waals surface area contributed by atoms with Crippen LogP contribution in [0.2, 0.25) is 10.2 Å². The van der Waals surface area contributed by atoms with Crippen molar-refractivity contribution in [2.24, 2.45) is 0 Å². The quantitative estimate of drug-likeness (QED) is 0.843. The maximum absolute atomic E-state index is 11.9. The lowest BCUT2D eigenvalue weighted by atomic mass is 10.3. The molecule has 0 aliphatic heterocycles. The first-order valence-corrected chi connectivity index (χ1v) is 6.26. The number of aromatic nitrogens is 5. The molecule has 2 heterocycles. The van der Waals surface area contributed by atoms with Crippen molar-refractivity contribution in [2.45, 2.75) is 19.8 Å². The molecule has 2 rings (SSSR count). The molecule has 2 aromatic heterocycles. The predicted molar refractivity (Wildman–Crippen MR) is 70.4 cm³/mol. The van der Waals surface area contributed by atoms with Gasteiger partial charge in [-0.1, -0.05) is 30.1 Å². The maximum atomic E-state index is 11.9. The number of carbonyl (C=O) groups is 1. The van der Waals surface area contributed by atoms with Crippen molar-refractivity contribution >= 4 is 34.9 Å². The summed E-state index contributed by atoms with van der Waals surface area (Å²) in [5, 5.41) is 9.11. The SMILES string of the molecule is CCCc1nc(C(=O)Nc2ncnc(Cl)c2Cl)n[nH]1. The van der Waals surface area contributed by atoms with Gasteiger partial charge < -0.3 is 5.32 Å². The van der Waals surface area contributed by atoms with Gasteiger partial charge in [-0.2, -0.15) is 0 Å². The van der Waals surface area contributed by atoms with E-state index in [1.165, 1.54) is 6.33 Å². The average molecular weight is 301 g/mol. The summed E-state index contributed by atoms with van der Waals surface area (Å²) in [4.78, 5) is 23.4. The largest absolute Gasteiger partial charge is 0.302 e. The number of H-pyrrole nitrogens is 1. The minimum Gasteiger partial charge on any atom is -0.302 e. The first kappa shape index (κ1) is 13.7. The Morgan fingerprint density at radius 1 is 1.42 bits per heavy atom. The van der Waals surface area contributed by atoms with Crippen molar-refractivity contribution in [1.29, 1.82) is 0 Å². The van der Waals surface area contributed by atoms with Crippen LogP contribution in [0.15, 0.2) is 6.33 Å². The molecular formula is C10H10Cl2N6O. The first-order chi connectivity index (χ1) is 9.11. The fraction of sp³-hybridized carbons (Fsp3) is 0.300. The van der Waals surface area contributed by atoms with E-state index in [-0.39, 0.29) is 21.8 Å². The molecule has 0 aliphatic carbocycles. The van der Waals surface area contributed by atoms with E-state index in [0.717, 1.165) is 12.8 Å². The Bertz CT molecular complexity index is 599. The lowest BCUT2D eigenvalue weighted by Crippen LogP contribution is -2.15. The number of nitrogens with zero attached hydrogens (tertiary/aromatic N) is 4. The summed E-state index contributed by atoms with van der Waals surface area (Å²) < 4.78 is 0. The third kappa shape index (κ3) is 3.18. The van der Waals surface area contributed by atoms with Crippen molar-refractivity contribution in [3.05, 3.63) is 28.2 Å². The standard InChI is InChI=1S/C10H10Cl2N6O/c1-2-3-5-15-9(18-17-5)10(19)16-8-6(11)7(12)13-4-14-8/h4H,2-3H2,1H3,(H,15,17,18)(H,13,14,16,19). The molecule has 0 radical (unpaired) electrons. The number of anilines is 1. The number of hydrogen-bond donors (Lipinski definition) is 2. The summed E-state index contributed by atoms with van der Waals surface area (Å²) in [6.07, 6.45) is 2.83. The van der Waals surface area contributed by atoms with Crippen LogP contribution in [0.1, 0.15) is 29.8 Å². The van der Waals surface area contributed by atoms with Gasteiger partial charge in [0, 0.05) is 6.42 Å². The highest BCUT2D eigenvalue weighted by Gasteiger charge is 2.16. The lowest BCUT2D eigenvalue weighted by Gasteiger charge is -2.03. The molecule has 0 unspecified atom stereocenters. The van der Waals surface area contributed by atoms with Gasteiger partial charge in [0.15, 0.2) is 11.0 Å². The van der Waals surface area contributed by atoms with Gasteiger partial charge >= 0.3 is 0 Å². The number of carbonyl (C=O) groups excluding carboxylic acids is 1. The molecule has 0 saturated carbocycles. The summed E-state index contributed by atoms with van der Waals surface area (Å²) >= 11 is 11.6. The Kier molecular flexibility index (Phi) is 4.28. The molecule has 100 valence electrons. The zero-order chi connectivity index (χ0) is 13.8. The van der Waals surface area contributed by atoms with Crippen LogP contribution in [-0.4, -0.2) is 31.1 Å². The summed E-state index contributed by atoms with van der Waals surface area (Å²) in [6, 6.07) is 0. The average Bonchev–Trinajstić information content (AvgIpc) is 2.84. The smallest absolute Gasteiger partial charge is 0.296 e. The molecule has 0 atom stereocenters. The molecule has 9 heteroatoms. The van der Waals surface area contributed by atoms with Crippen LogP contribution in [0.5, 0.6) is 0 Å². The molecule has 19 heavy (non-hydrogen) atoms. The molecule has 2 aromatic rings. The molecule has 0 fully saturated rings. The number of halogens is 2. The number of aromatic amines is 1. The lowest BCUT2D eigenvalue weighted by molar-refractivity contribution is 0.101. The topological polar surface area (TPSA) is 96.5 Å². The van der Waals surface area contributed by atoms with Crippen LogP contribution < -0.4 is 5.32 Å². The van der Waals surface area contributed by atoms with Crippen LogP contribution in [-0.2, 0) is 6.42 Å². The van der Waals surface area contributed by atoms with Gasteiger partial charge in [0.1, 0.15) is 17.2 Å². The molecule has 1 amide bonds. The van der Waals surface area contributed by atoms with Crippen molar-refractivity contribution < 1.29 is 4.79 Å². The number of rotatable bonds is 4. The summed E-state index contributed by atoms with van der Waals surface area (Å²) in [7, 11) is 0. The highest BCUT2D eigenvalue weighted by molar-refractivity contribution is 6.43. The second-order valence-corrected chi connectivity index (χ2v) is 4.37. The molecule has 7 nitrogen and oxygen atoms in total. The zero-order valence-electron chi connectivity index (χ0n) is 9.94. The minimum absolute atomic E-state index is 0.0225. The van der Waals surface area contributed by atoms with Crippen molar-refractivity contribution in [1.82, 2.24) is 25.1 Å². The van der Waals surface area contributed by atoms with E-state index in [2.05, 4.69) is 30.5 Å². The van der Waals surface area contributed by atoms with Gasteiger partial charge in [-0.15, -0.1) is 5.10 Å². The molecule has 0 aromatic carbocycles. The summed E-state index contributed by atoms with van der Waals surface area (Å²) in [5.74, 6) is 0.275. The number of nitrogens with one attached hydrogen (secondary N) is 2. The van der Waals surface area contributed by atoms with Crippen LogP contribution in [0, 0.1) is 0 Å². The number of hydrogen-bond acceptors (Lipinski definition) is 5. The second kappa shape index (κ2) is 5.94. The zero-order valence-corrected chi connectivity index (χ0v) is 11.5. The Hall–Kier alpha value is -1.73. The van der Waals surface area contributed by atoms with E-state index in [0.29, 0.717) is 5.82 Å². The minimum atomic E-state index is -0.518. The Balaban J connectivity index is 2.14. The van der Waals surface area contributed by atoms with Crippen molar-refractivity contribution in [2.75, 3.05) is 5.32 Å². The normalized spacial score (nSPS) is 10.5. The summed E-state index contributed by atoms with van der Waals surface area (Å²) in [5.41, 5.74) is 0. The van der Waals surface area contributed by atoms with Gasteiger partial charge in [0.2, 0.25) is 5.82 Å². The van der Waals surface area contributed by atoms with Gasteiger partial charge in [-0.25, -0.2) is 15.0 Å². The van der Waals surface area contributed by atoms with E-state index < -0.39 is 5.91 Å². The predicted octanol–water partition coefficient (Wildman–Crippen LogP) is 2.11. The van der Waals surface area contributed by atoms with Gasteiger partial charge in [-0.05, 0) is 6.42 Å². The van der Waals surface area contributed by atoms with Crippen LogP contribution in [0.4, 0.5) is 5.82 Å². The Morgan fingerprint density at radius 2 is 2.21 bits per heavy atom. The van der Waals surface area contributed by atoms with Crippen molar-refractivity contribution in [3.63, 3.8) is 0 Å². The third-order valence-corrected chi connectivity index (χ3v) is 2.94. The number of amides is 1.